The van der Waals surface area contributed by atoms with Gasteiger partial charge in [0.1, 0.15) is 6.10 Å². The van der Waals surface area contributed by atoms with Crippen LogP contribution in [-0.2, 0) is 26.2 Å². The van der Waals surface area contributed by atoms with Crippen molar-refractivity contribution in [3.05, 3.63) is 39.3 Å². The molecule has 6 heteroatoms. The van der Waals surface area contributed by atoms with E-state index >= 15 is 0 Å². The topological polar surface area (TPSA) is 44.5 Å². The Hall–Kier alpha value is -1.21. The first-order chi connectivity index (χ1) is 12.6. The van der Waals surface area contributed by atoms with E-state index in [1.165, 1.54) is 22.6 Å². The number of aliphatic hydroxyl groups excluding tert-OH is 1. The van der Waals surface area contributed by atoms with Gasteiger partial charge in [-0.05, 0) is 62.4 Å². The molecule has 3 heterocycles. The van der Waals surface area contributed by atoms with Crippen LogP contribution >= 0.6 is 11.3 Å². The summed E-state index contributed by atoms with van der Waals surface area (Å²) >= 11 is 1.87. The van der Waals surface area contributed by atoms with E-state index in [4.69, 9.17) is 5.10 Å². The Labute approximate surface area is 160 Å². The molecular formula is C20H30N4OS. The zero-order chi connectivity index (χ0) is 18.1. The third-order valence-corrected chi connectivity index (χ3v) is 6.57. The van der Waals surface area contributed by atoms with Crippen molar-refractivity contribution in [2.75, 3.05) is 20.6 Å². The van der Waals surface area contributed by atoms with Crippen LogP contribution in [0.1, 0.15) is 53.6 Å². The standard InChI is InChI=1S/C20H30N4OS/c1-22(2)11-15-9-18(26-14-15)13-23-7-4-8-24-17(12-23)10-19(21-24)20(25)16-5-3-6-16/h9-10,14,16,20,25H,3-8,11-13H2,1-2H3/t20-/m1/s1. The van der Waals surface area contributed by atoms with Crippen LogP contribution in [0.3, 0.4) is 0 Å². The van der Waals surface area contributed by atoms with Gasteiger partial charge in [0.2, 0.25) is 0 Å². The van der Waals surface area contributed by atoms with E-state index in [9.17, 15) is 5.11 Å². The molecule has 4 rings (SSSR count). The molecule has 0 unspecified atom stereocenters. The summed E-state index contributed by atoms with van der Waals surface area (Å²) < 4.78 is 2.13. The van der Waals surface area contributed by atoms with E-state index < -0.39 is 0 Å². The fourth-order valence-electron chi connectivity index (χ4n) is 4.00. The van der Waals surface area contributed by atoms with Gasteiger partial charge >= 0.3 is 0 Å². The van der Waals surface area contributed by atoms with Gasteiger partial charge in [0.25, 0.3) is 0 Å². The fourth-order valence-corrected chi connectivity index (χ4v) is 4.93. The maximum atomic E-state index is 10.5. The first-order valence-electron chi connectivity index (χ1n) is 9.76. The molecule has 0 radical (unpaired) electrons. The Bertz CT molecular complexity index is 734. The highest BCUT2D eigenvalue weighted by Crippen LogP contribution is 2.37. The van der Waals surface area contributed by atoms with Crippen LogP contribution in [-0.4, -0.2) is 45.3 Å². The van der Waals surface area contributed by atoms with Gasteiger partial charge in [-0.1, -0.05) is 6.42 Å². The van der Waals surface area contributed by atoms with Gasteiger partial charge in [-0.25, -0.2) is 0 Å². The average molecular weight is 375 g/mol. The summed E-state index contributed by atoms with van der Waals surface area (Å²) in [5.41, 5.74) is 3.54. The van der Waals surface area contributed by atoms with Gasteiger partial charge in [0.15, 0.2) is 0 Å². The predicted octanol–water partition coefficient (Wildman–Crippen LogP) is 3.25. The molecule has 5 nitrogen and oxygen atoms in total. The van der Waals surface area contributed by atoms with Gasteiger partial charge in [0.05, 0.1) is 11.4 Å². The number of aliphatic hydroxyl groups is 1. The molecule has 2 aromatic rings. The summed E-state index contributed by atoms with van der Waals surface area (Å²) in [5.74, 6) is 0.423. The first kappa shape index (κ1) is 18.2. The summed E-state index contributed by atoms with van der Waals surface area (Å²) in [5, 5.41) is 17.6. The molecule has 0 bridgehead atoms. The number of hydrogen-bond donors (Lipinski definition) is 1. The van der Waals surface area contributed by atoms with Crippen molar-refractivity contribution in [3.63, 3.8) is 0 Å². The number of aryl methyl sites for hydroxylation is 1. The third kappa shape index (κ3) is 4.03. The molecule has 1 fully saturated rings. The van der Waals surface area contributed by atoms with Crippen LogP contribution < -0.4 is 0 Å². The van der Waals surface area contributed by atoms with Crippen LogP contribution in [0.4, 0.5) is 0 Å². The lowest BCUT2D eigenvalue weighted by atomic mass is 9.80. The van der Waals surface area contributed by atoms with Crippen LogP contribution in [0.2, 0.25) is 0 Å². The normalized spacial score (nSPS) is 20.0. The zero-order valence-electron chi connectivity index (χ0n) is 15.9. The number of fused-ring (bicyclic) bond motifs is 1. The van der Waals surface area contributed by atoms with E-state index in [1.807, 2.05) is 11.3 Å². The highest BCUT2D eigenvalue weighted by molar-refractivity contribution is 7.10. The minimum absolute atomic E-state index is 0.373. The smallest absolute Gasteiger partial charge is 0.101 e. The maximum absolute atomic E-state index is 10.5. The van der Waals surface area contributed by atoms with Gasteiger partial charge in [-0.3, -0.25) is 9.58 Å². The largest absolute Gasteiger partial charge is 0.386 e. The van der Waals surface area contributed by atoms with Crippen LogP contribution in [0.15, 0.2) is 17.5 Å². The van der Waals surface area contributed by atoms with Gasteiger partial charge < -0.3 is 10.0 Å². The molecule has 2 aromatic heterocycles. The molecular weight excluding hydrogens is 344 g/mol. The first-order valence-corrected chi connectivity index (χ1v) is 10.6. The summed E-state index contributed by atoms with van der Waals surface area (Å²) in [7, 11) is 4.23. The Morgan fingerprint density at radius 3 is 2.85 bits per heavy atom. The van der Waals surface area contributed by atoms with Gasteiger partial charge in [-0.2, -0.15) is 5.10 Å². The van der Waals surface area contributed by atoms with Gasteiger partial charge in [0, 0.05) is 37.6 Å². The molecule has 1 N–H and O–H groups in total. The predicted molar refractivity (Wildman–Crippen MR) is 105 cm³/mol. The summed E-state index contributed by atoms with van der Waals surface area (Å²) in [6.45, 7) is 4.99. The number of nitrogens with zero attached hydrogens (tertiary/aromatic N) is 4. The highest BCUT2D eigenvalue weighted by atomic mass is 32.1. The van der Waals surface area contributed by atoms with Crippen molar-refractivity contribution in [1.29, 1.82) is 0 Å². The van der Waals surface area contributed by atoms with Crippen molar-refractivity contribution in [3.8, 4) is 0 Å². The van der Waals surface area contributed by atoms with E-state index in [-0.39, 0.29) is 6.10 Å². The van der Waals surface area contributed by atoms with Crippen molar-refractivity contribution in [1.82, 2.24) is 19.6 Å². The van der Waals surface area contributed by atoms with Crippen LogP contribution in [0, 0.1) is 5.92 Å². The molecule has 0 saturated heterocycles. The number of thiophene rings is 1. The van der Waals surface area contributed by atoms with E-state index in [1.54, 1.807) is 0 Å². The molecule has 1 aliphatic heterocycles. The molecule has 26 heavy (non-hydrogen) atoms. The molecule has 0 amide bonds. The second-order valence-corrected chi connectivity index (χ2v) is 9.14. The quantitative estimate of drug-likeness (QED) is 0.843. The Morgan fingerprint density at radius 2 is 2.12 bits per heavy atom. The molecule has 142 valence electrons. The maximum Gasteiger partial charge on any atom is 0.101 e. The minimum Gasteiger partial charge on any atom is -0.386 e. The Kier molecular flexibility index (Phi) is 5.45. The highest BCUT2D eigenvalue weighted by Gasteiger charge is 2.29. The van der Waals surface area contributed by atoms with Crippen LogP contribution in [0.25, 0.3) is 0 Å². The van der Waals surface area contributed by atoms with E-state index in [0.717, 1.165) is 57.7 Å². The minimum atomic E-state index is -0.373. The molecule has 0 aromatic carbocycles. The van der Waals surface area contributed by atoms with Crippen molar-refractivity contribution < 1.29 is 5.11 Å². The van der Waals surface area contributed by atoms with Crippen LogP contribution in [0.5, 0.6) is 0 Å². The number of hydrogen-bond acceptors (Lipinski definition) is 5. The lowest BCUT2D eigenvalue weighted by molar-refractivity contribution is 0.0581. The van der Waals surface area contributed by atoms with Gasteiger partial charge in [-0.15, -0.1) is 11.3 Å². The Morgan fingerprint density at radius 1 is 1.27 bits per heavy atom. The number of aromatic nitrogens is 2. The summed E-state index contributed by atoms with van der Waals surface area (Å²) in [6, 6.07) is 4.49. The van der Waals surface area contributed by atoms with Crippen molar-refractivity contribution in [2.45, 2.75) is 58.0 Å². The average Bonchev–Trinajstić information content (AvgIpc) is 3.08. The van der Waals surface area contributed by atoms with Crippen molar-refractivity contribution in [2.24, 2.45) is 5.92 Å². The Balaban J connectivity index is 1.42. The van der Waals surface area contributed by atoms with E-state index in [0.29, 0.717) is 5.92 Å². The second-order valence-electron chi connectivity index (χ2n) is 8.14. The summed E-state index contributed by atoms with van der Waals surface area (Å²) in [6.07, 6.45) is 4.28. The fraction of sp³-hybridized carbons (Fsp3) is 0.650. The van der Waals surface area contributed by atoms with E-state index in [2.05, 4.69) is 46.1 Å². The number of rotatable bonds is 6. The SMILES string of the molecule is CN(C)Cc1csc(CN2CCCn3nc([C@H](O)C4CCC4)cc3C2)c1. The molecule has 1 aliphatic carbocycles. The monoisotopic (exact) mass is 374 g/mol. The zero-order valence-corrected chi connectivity index (χ0v) is 16.7. The molecule has 1 atom stereocenters. The third-order valence-electron chi connectivity index (χ3n) is 5.60. The second kappa shape index (κ2) is 7.80. The molecule has 1 saturated carbocycles. The molecule has 0 spiro atoms. The molecule has 2 aliphatic rings. The lowest BCUT2D eigenvalue weighted by Crippen LogP contribution is -2.22. The lowest BCUT2D eigenvalue weighted by Gasteiger charge is -2.29. The summed E-state index contributed by atoms with van der Waals surface area (Å²) in [4.78, 5) is 6.17. The van der Waals surface area contributed by atoms with Crippen molar-refractivity contribution >= 4 is 11.3 Å².